The summed E-state index contributed by atoms with van der Waals surface area (Å²) in [5, 5.41) is 0. The summed E-state index contributed by atoms with van der Waals surface area (Å²) in [6, 6.07) is 10.3. The highest BCUT2D eigenvalue weighted by Gasteiger charge is 2.31. The normalized spacial score (nSPS) is 18.0. The summed E-state index contributed by atoms with van der Waals surface area (Å²) in [6.07, 6.45) is 5.74. The molecule has 0 aromatic heterocycles. The molecule has 2 aliphatic rings. The van der Waals surface area contributed by atoms with Crippen molar-refractivity contribution in [3.63, 3.8) is 0 Å². The van der Waals surface area contributed by atoms with Crippen molar-refractivity contribution in [3.8, 4) is 17.2 Å². The van der Waals surface area contributed by atoms with E-state index in [0.29, 0.717) is 23.1 Å². The Morgan fingerprint density at radius 1 is 0.897 bits per heavy atom. The molecule has 4 rings (SSSR count). The molecule has 7 nitrogen and oxygen atoms in total. The van der Waals surface area contributed by atoms with Crippen molar-refractivity contribution in [2.24, 2.45) is 0 Å². The third-order valence-electron chi connectivity index (χ3n) is 8.90. The summed E-state index contributed by atoms with van der Waals surface area (Å²) in [7, 11) is 4.98. The fourth-order valence-electron chi connectivity index (χ4n) is 6.25. The average molecular weight is 538 g/mol. The molecular formula is C32H47N3O4. The predicted octanol–water partition coefficient (Wildman–Crippen LogP) is 5.48. The van der Waals surface area contributed by atoms with Crippen LogP contribution in [0.2, 0.25) is 0 Å². The summed E-state index contributed by atoms with van der Waals surface area (Å²) in [5.41, 5.74) is 4.49. The molecule has 2 aliphatic heterocycles. The van der Waals surface area contributed by atoms with Gasteiger partial charge in [0.1, 0.15) is 17.2 Å². The molecule has 1 unspecified atom stereocenters. The zero-order valence-corrected chi connectivity index (χ0v) is 24.8. The lowest BCUT2D eigenvalue weighted by atomic mass is 9.94. The molecule has 7 heteroatoms. The molecule has 0 saturated carbocycles. The maximum Gasteiger partial charge on any atom is 0.254 e. The van der Waals surface area contributed by atoms with E-state index in [-0.39, 0.29) is 11.9 Å². The van der Waals surface area contributed by atoms with Crippen molar-refractivity contribution >= 4 is 5.91 Å². The predicted molar refractivity (Wildman–Crippen MR) is 156 cm³/mol. The molecule has 2 fully saturated rings. The number of amides is 1. The monoisotopic (exact) mass is 537 g/mol. The summed E-state index contributed by atoms with van der Waals surface area (Å²) in [6.45, 7) is 12.5. The van der Waals surface area contributed by atoms with Crippen molar-refractivity contribution in [2.75, 3.05) is 60.6 Å². The van der Waals surface area contributed by atoms with Crippen molar-refractivity contribution in [1.82, 2.24) is 14.7 Å². The van der Waals surface area contributed by atoms with Gasteiger partial charge >= 0.3 is 0 Å². The quantitative estimate of drug-likeness (QED) is 0.400. The fourth-order valence-corrected chi connectivity index (χ4v) is 6.25. The maximum absolute atomic E-state index is 14.0. The van der Waals surface area contributed by atoms with Crippen LogP contribution >= 0.6 is 0 Å². The first-order valence-electron chi connectivity index (χ1n) is 14.5. The number of ether oxygens (including phenoxy) is 3. The van der Waals surface area contributed by atoms with E-state index in [1.165, 1.54) is 36.0 Å². The number of benzene rings is 2. The van der Waals surface area contributed by atoms with Crippen LogP contribution in [0.1, 0.15) is 72.1 Å². The summed E-state index contributed by atoms with van der Waals surface area (Å²) >= 11 is 0. The number of piperidine rings is 2. The van der Waals surface area contributed by atoms with E-state index < -0.39 is 0 Å². The van der Waals surface area contributed by atoms with Gasteiger partial charge in [-0.1, -0.05) is 12.5 Å². The minimum atomic E-state index is 0.0670. The number of nitrogens with zero attached hydrogens (tertiary/aromatic N) is 3. The Kier molecular flexibility index (Phi) is 10.1. The molecular weight excluding hydrogens is 490 g/mol. The number of hydrogen-bond donors (Lipinski definition) is 0. The number of carbonyl (C=O) groups excluding carboxylic acids is 1. The number of likely N-dealkylation sites (tertiary alicyclic amines) is 2. The second-order valence-corrected chi connectivity index (χ2v) is 11.1. The molecule has 2 aromatic carbocycles. The Balaban J connectivity index is 1.49. The molecule has 2 saturated heterocycles. The Morgan fingerprint density at radius 2 is 1.54 bits per heavy atom. The van der Waals surface area contributed by atoms with E-state index in [9.17, 15) is 4.79 Å². The minimum absolute atomic E-state index is 0.0670. The minimum Gasteiger partial charge on any atom is -0.497 e. The Morgan fingerprint density at radius 3 is 2.13 bits per heavy atom. The Hall–Kier alpha value is -2.77. The summed E-state index contributed by atoms with van der Waals surface area (Å²) in [4.78, 5) is 21.2. The lowest BCUT2D eigenvalue weighted by Crippen LogP contribution is -2.50. The zero-order chi connectivity index (χ0) is 27.9. The standard InChI is InChI=1S/C32H47N3O4/c1-23-24(2)31(39-6)11-10-30(23)25(3)34-16-12-27(13-17-34)35(19-18-33-14-8-7-9-15-33)32(36)26-20-28(37-4)22-29(21-26)38-5/h10-11,20-22,25,27H,7-9,12-19H2,1-6H3. The van der Waals surface area contributed by atoms with E-state index in [0.717, 1.165) is 57.9 Å². The second-order valence-electron chi connectivity index (χ2n) is 11.1. The van der Waals surface area contributed by atoms with Gasteiger partial charge in [-0.2, -0.15) is 0 Å². The van der Waals surface area contributed by atoms with Crippen LogP contribution in [0.3, 0.4) is 0 Å². The van der Waals surface area contributed by atoms with E-state index >= 15 is 0 Å². The van der Waals surface area contributed by atoms with Crippen molar-refractivity contribution < 1.29 is 19.0 Å². The lowest BCUT2D eigenvalue weighted by Gasteiger charge is -2.42. The highest BCUT2D eigenvalue weighted by Crippen LogP contribution is 2.33. The number of hydrogen-bond acceptors (Lipinski definition) is 6. The van der Waals surface area contributed by atoms with E-state index in [2.05, 4.69) is 47.6 Å². The SMILES string of the molecule is COc1cc(OC)cc(C(=O)N(CCN2CCCCC2)C2CCN(C(C)c3ccc(OC)c(C)c3C)CC2)c1. The highest BCUT2D eigenvalue weighted by molar-refractivity contribution is 5.95. The van der Waals surface area contributed by atoms with Crippen LogP contribution in [0.5, 0.6) is 17.2 Å². The van der Waals surface area contributed by atoms with Crippen LogP contribution in [0.15, 0.2) is 30.3 Å². The lowest BCUT2D eigenvalue weighted by molar-refractivity contribution is 0.0491. The van der Waals surface area contributed by atoms with Gasteiger partial charge in [-0.15, -0.1) is 0 Å². The average Bonchev–Trinajstić information content (AvgIpc) is 2.98. The Bertz CT molecular complexity index is 1080. The van der Waals surface area contributed by atoms with Crippen LogP contribution in [0.25, 0.3) is 0 Å². The van der Waals surface area contributed by atoms with Gasteiger partial charge in [0.2, 0.25) is 0 Å². The maximum atomic E-state index is 14.0. The zero-order valence-electron chi connectivity index (χ0n) is 24.8. The van der Waals surface area contributed by atoms with Crippen LogP contribution in [0.4, 0.5) is 0 Å². The first-order chi connectivity index (χ1) is 18.9. The second kappa shape index (κ2) is 13.5. The molecule has 0 bridgehead atoms. The third-order valence-corrected chi connectivity index (χ3v) is 8.90. The smallest absolute Gasteiger partial charge is 0.254 e. The third kappa shape index (κ3) is 6.87. The van der Waals surface area contributed by atoms with Gasteiger partial charge in [-0.3, -0.25) is 9.69 Å². The molecule has 0 spiro atoms. The van der Waals surface area contributed by atoms with E-state index in [1.54, 1.807) is 21.3 Å². The molecule has 1 atom stereocenters. The molecule has 0 aliphatic carbocycles. The summed E-state index contributed by atoms with van der Waals surface area (Å²) in [5.74, 6) is 2.29. The van der Waals surface area contributed by atoms with Gasteiger partial charge in [0.25, 0.3) is 5.91 Å². The topological polar surface area (TPSA) is 54.5 Å². The summed E-state index contributed by atoms with van der Waals surface area (Å²) < 4.78 is 16.5. The van der Waals surface area contributed by atoms with Gasteiger partial charge in [-0.25, -0.2) is 0 Å². The van der Waals surface area contributed by atoms with Crippen LogP contribution in [-0.2, 0) is 0 Å². The number of carbonyl (C=O) groups is 1. The first-order valence-corrected chi connectivity index (χ1v) is 14.5. The number of methoxy groups -OCH3 is 3. The largest absolute Gasteiger partial charge is 0.497 e. The van der Waals surface area contributed by atoms with Gasteiger partial charge in [-0.05, 0) is 94.4 Å². The van der Waals surface area contributed by atoms with Gasteiger partial charge in [0, 0.05) is 49.9 Å². The van der Waals surface area contributed by atoms with Crippen LogP contribution < -0.4 is 14.2 Å². The van der Waals surface area contributed by atoms with Crippen LogP contribution in [-0.4, -0.2) is 87.2 Å². The van der Waals surface area contributed by atoms with Gasteiger partial charge < -0.3 is 24.0 Å². The molecule has 0 radical (unpaired) electrons. The fraction of sp³-hybridized carbons (Fsp3) is 0.594. The van der Waals surface area contributed by atoms with Gasteiger partial charge in [0.15, 0.2) is 0 Å². The highest BCUT2D eigenvalue weighted by atomic mass is 16.5. The first kappa shape index (κ1) is 29.2. The number of rotatable bonds is 10. The molecule has 1 amide bonds. The molecule has 2 aromatic rings. The van der Waals surface area contributed by atoms with Crippen molar-refractivity contribution in [1.29, 1.82) is 0 Å². The van der Waals surface area contributed by atoms with Crippen molar-refractivity contribution in [2.45, 2.75) is 65.0 Å². The molecule has 214 valence electrons. The van der Waals surface area contributed by atoms with Gasteiger partial charge in [0.05, 0.1) is 21.3 Å². The molecule has 2 heterocycles. The van der Waals surface area contributed by atoms with E-state index in [4.69, 9.17) is 14.2 Å². The van der Waals surface area contributed by atoms with Crippen LogP contribution in [0, 0.1) is 13.8 Å². The Labute approximate surface area is 235 Å². The molecule has 0 N–H and O–H groups in total. The van der Waals surface area contributed by atoms with E-state index in [1.807, 2.05) is 18.2 Å². The molecule has 39 heavy (non-hydrogen) atoms. The van der Waals surface area contributed by atoms with Crippen molar-refractivity contribution in [3.05, 3.63) is 52.6 Å².